The predicted octanol–water partition coefficient (Wildman–Crippen LogP) is 5.08. The number of carboxylic acids is 1. The molecule has 1 saturated carbocycles. The number of halogens is 4. The van der Waals surface area contributed by atoms with Crippen molar-refractivity contribution in [2.75, 3.05) is 13.2 Å². The first-order valence-electron chi connectivity index (χ1n) is 9.44. The van der Waals surface area contributed by atoms with Crippen LogP contribution in [0.15, 0.2) is 30.3 Å². The molecule has 5 nitrogen and oxygen atoms in total. The Hall–Kier alpha value is -1.62. The molecule has 0 amide bonds. The number of hydrogen-bond donors (Lipinski definition) is 1. The molecule has 1 aliphatic rings. The van der Waals surface area contributed by atoms with Crippen molar-refractivity contribution in [3.05, 3.63) is 39.6 Å². The summed E-state index contributed by atoms with van der Waals surface area (Å²) in [5.74, 6) is -0.641. The maximum atomic E-state index is 13.7. The largest absolute Gasteiger partial charge is 0.480 e. The second-order valence-electron chi connectivity index (χ2n) is 7.35. The van der Waals surface area contributed by atoms with E-state index in [1.165, 1.54) is 0 Å². The smallest absolute Gasteiger partial charge is 0.434 e. The third kappa shape index (κ3) is 5.71. The van der Waals surface area contributed by atoms with E-state index >= 15 is 0 Å². The Morgan fingerprint density at radius 3 is 2.38 bits per heavy atom. The van der Waals surface area contributed by atoms with Crippen molar-refractivity contribution in [2.45, 2.75) is 38.4 Å². The summed E-state index contributed by atoms with van der Waals surface area (Å²) in [6.07, 6.45) is -1.30. The van der Waals surface area contributed by atoms with E-state index in [9.17, 15) is 18.0 Å². The van der Waals surface area contributed by atoms with Gasteiger partial charge in [-0.3, -0.25) is 4.68 Å². The van der Waals surface area contributed by atoms with E-state index < -0.39 is 17.8 Å². The van der Waals surface area contributed by atoms with Crippen molar-refractivity contribution in [3.8, 4) is 11.3 Å². The van der Waals surface area contributed by atoms with Crippen molar-refractivity contribution in [3.63, 3.8) is 0 Å². The van der Waals surface area contributed by atoms with Gasteiger partial charge in [0.25, 0.3) is 0 Å². The molecule has 0 spiro atoms. The summed E-state index contributed by atoms with van der Waals surface area (Å²) >= 11 is 1.74. The molecular weight excluding hydrogens is 500 g/mol. The van der Waals surface area contributed by atoms with Crippen LogP contribution < -0.4 is 0 Å². The van der Waals surface area contributed by atoms with Gasteiger partial charge in [-0.2, -0.15) is 18.3 Å². The van der Waals surface area contributed by atoms with Crippen LogP contribution in [0.4, 0.5) is 13.2 Å². The van der Waals surface area contributed by atoms with Gasteiger partial charge in [0, 0.05) is 12.1 Å². The molecule has 3 rings (SSSR count). The number of aromatic nitrogens is 2. The van der Waals surface area contributed by atoms with Gasteiger partial charge in [0.2, 0.25) is 0 Å². The molecule has 0 radical (unpaired) electrons. The summed E-state index contributed by atoms with van der Waals surface area (Å²) in [4.78, 5) is 10.5. The summed E-state index contributed by atoms with van der Waals surface area (Å²) in [5, 5.41) is 12.9. The average Bonchev–Trinajstić information content (AvgIpc) is 3.00. The molecular formula is C20H22F3IN2O3. The minimum atomic E-state index is -4.47. The lowest BCUT2D eigenvalue weighted by Gasteiger charge is -2.28. The first-order chi connectivity index (χ1) is 13.8. The molecule has 1 aromatic carbocycles. The topological polar surface area (TPSA) is 64.3 Å². The molecule has 1 N–H and O–H groups in total. The van der Waals surface area contributed by atoms with Crippen molar-refractivity contribution in [1.82, 2.24) is 9.78 Å². The van der Waals surface area contributed by atoms with Crippen molar-refractivity contribution >= 4 is 28.6 Å². The molecule has 1 aliphatic carbocycles. The molecule has 1 heterocycles. The fourth-order valence-corrected chi connectivity index (χ4v) is 4.77. The Balaban J connectivity index is 1.70. The first kappa shape index (κ1) is 22.1. The minimum Gasteiger partial charge on any atom is -0.480 e. The molecule has 0 saturated heterocycles. The molecule has 0 unspecified atom stereocenters. The Kier molecular flexibility index (Phi) is 7.20. The van der Waals surface area contributed by atoms with Gasteiger partial charge in [0.1, 0.15) is 12.3 Å². The number of hydrogen-bond acceptors (Lipinski definition) is 3. The van der Waals surface area contributed by atoms with E-state index in [-0.39, 0.29) is 28.6 Å². The van der Waals surface area contributed by atoms with Gasteiger partial charge in [-0.1, -0.05) is 30.3 Å². The maximum Gasteiger partial charge on any atom is 0.434 e. The zero-order chi connectivity index (χ0) is 21.0. The Morgan fingerprint density at radius 1 is 1.17 bits per heavy atom. The van der Waals surface area contributed by atoms with Crippen LogP contribution in [0.3, 0.4) is 0 Å². The third-order valence-electron chi connectivity index (χ3n) is 5.19. The number of aliphatic carboxylic acids is 1. The van der Waals surface area contributed by atoms with Gasteiger partial charge >= 0.3 is 12.1 Å². The summed E-state index contributed by atoms with van der Waals surface area (Å²) in [5.41, 5.74) is 0.332. The number of alkyl halides is 3. The van der Waals surface area contributed by atoms with Gasteiger partial charge in [0.15, 0.2) is 5.69 Å². The number of benzene rings is 1. The van der Waals surface area contributed by atoms with Gasteiger partial charge in [0.05, 0.1) is 10.2 Å². The quantitative estimate of drug-likeness (QED) is 0.516. The van der Waals surface area contributed by atoms with Crippen molar-refractivity contribution in [2.24, 2.45) is 11.8 Å². The van der Waals surface area contributed by atoms with E-state index in [4.69, 9.17) is 9.84 Å². The normalized spacial score (nSPS) is 20.0. The standard InChI is InChI=1S/C20H22F3IN2O3/c21-20(22,23)19-17(24)18(15-4-2-1-3-5-15)25-26(19)10-13-6-8-14(9-7-13)11-29-12-16(27)28/h1-5,13-14H,6-12H2,(H,27,28)/t13-,14-. The predicted molar refractivity (Wildman–Crippen MR) is 109 cm³/mol. The van der Waals surface area contributed by atoms with Crippen LogP contribution in [-0.2, 0) is 22.3 Å². The minimum absolute atomic E-state index is 0.103. The van der Waals surface area contributed by atoms with Crippen LogP contribution in [0.5, 0.6) is 0 Å². The average molecular weight is 522 g/mol. The lowest BCUT2D eigenvalue weighted by atomic mass is 9.82. The first-order valence-corrected chi connectivity index (χ1v) is 10.5. The van der Waals surface area contributed by atoms with Gasteiger partial charge < -0.3 is 9.84 Å². The summed E-state index contributed by atoms with van der Waals surface area (Å²) < 4.78 is 47.6. The van der Waals surface area contributed by atoms with E-state index in [1.807, 2.05) is 6.07 Å². The highest BCUT2D eigenvalue weighted by Crippen LogP contribution is 2.39. The number of carbonyl (C=O) groups is 1. The molecule has 1 aromatic heterocycles. The molecule has 0 bridgehead atoms. The highest BCUT2D eigenvalue weighted by molar-refractivity contribution is 14.1. The second kappa shape index (κ2) is 9.46. The number of rotatable bonds is 7. The van der Waals surface area contributed by atoms with E-state index in [0.717, 1.165) is 30.4 Å². The van der Waals surface area contributed by atoms with E-state index in [2.05, 4.69) is 5.10 Å². The molecule has 2 aromatic rings. The molecule has 158 valence electrons. The monoisotopic (exact) mass is 522 g/mol. The molecule has 1 fully saturated rings. The SMILES string of the molecule is O=C(O)COC[C@H]1CC[C@H](Cn2nc(-c3ccccc3)c(I)c2C(F)(F)F)CC1. The van der Waals surface area contributed by atoms with Crippen LogP contribution in [-0.4, -0.2) is 34.1 Å². The fourth-order valence-electron chi connectivity index (χ4n) is 3.76. The summed E-state index contributed by atoms with van der Waals surface area (Å²) in [6, 6.07) is 8.90. The van der Waals surface area contributed by atoms with Crippen LogP contribution in [0, 0.1) is 15.4 Å². The lowest BCUT2D eigenvalue weighted by molar-refractivity contribution is -0.145. The lowest BCUT2D eigenvalue weighted by Crippen LogP contribution is -2.25. The molecule has 0 aliphatic heterocycles. The van der Waals surface area contributed by atoms with E-state index in [1.54, 1.807) is 46.9 Å². The van der Waals surface area contributed by atoms with Crippen LogP contribution in [0.2, 0.25) is 0 Å². The number of nitrogens with zero attached hydrogens (tertiary/aromatic N) is 2. The molecule has 29 heavy (non-hydrogen) atoms. The van der Waals surface area contributed by atoms with Gasteiger partial charge in [-0.25, -0.2) is 4.79 Å². The number of carboxylic acid groups (broad SMARTS) is 1. The highest BCUT2D eigenvalue weighted by atomic mass is 127. The van der Waals surface area contributed by atoms with Crippen LogP contribution >= 0.6 is 22.6 Å². The Morgan fingerprint density at radius 2 is 1.79 bits per heavy atom. The number of ether oxygens (including phenoxy) is 1. The van der Waals surface area contributed by atoms with Crippen LogP contribution in [0.1, 0.15) is 31.4 Å². The van der Waals surface area contributed by atoms with Crippen molar-refractivity contribution in [1.29, 1.82) is 0 Å². The van der Waals surface area contributed by atoms with E-state index in [0.29, 0.717) is 17.9 Å². The Bertz CT molecular complexity index is 831. The van der Waals surface area contributed by atoms with Crippen molar-refractivity contribution < 1.29 is 27.8 Å². The fraction of sp³-hybridized carbons (Fsp3) is 0.500. The third-order valence-corrected chi connectivity index (χ3v) is 6.21. The molecule has 9 heteroatoms. The van der Waals surface area contributed by atoms with Gasteiger partial charge in [-0.05, 0) is 60.1 Å². The zero-order valence-electron chi connectivity index (χ0n) is 15.7. The summed E-state index contributed by atoms with van der Waals surface area (Å²) in [7, 11) is 0. The van der Waals surface area contributed by atoms with Crippen LogP contribution in [0.25, 0.3) is 11.3 Å². The zero-order valence-corrected chi connectivity index (χ0v) is 17.8. The summed E-state index contributed by atoms with van der Waals surface area (Å²) in [6.45, 7) is 0.286. The maximum absolute atomic E-state index is 13.7. The van der Waals surface area contributed by atoms with Gasteiger partial charge in [-0.15, -0.1) is 0 Å². The Labute approximate surface area is 180 Å². The molecule has 0 atom stereocenters. The highest BCUT2D eigenvalue weighted by Gasteiger charge is 2.40. The second-order valence-corrected chi connectivity index (χ2v) is 8.43.